The van der Waals surface area contributed by atoms with E-state index in [0.717, 1.165) is 12.1 Å². The zero-order chi connectivity index (χ0) is 19.9. The molecule has 0 spiro atoms. The molecule has 1 aromatic carbocycles. The predicted octanol–water partition coefficient (Wildman–Crippen LogP) is 4.75. The summed E-state index contributed by atoms with van der Waals surface area (Å²) in [5.74, 6) is 2.49. The zero-order valence-electron chi connectivity index (χ0n) is 16.3. The normalized spacial score (nSPS) is 14.5. The van der Waals surface area contributed by atoms with Crippen molar-refractivity contribution >= 4 is 11.6 Å². The minimum atomic E-state index is 0.0743. The second-order valence-corrected chi connectivity index (χ2v) is 7.42. The number of aromatic nitrogens is 4. The number of amides is 1. The van der Waals surface area contributed by atoms with Crippen molar-refractivity contribution in [1.29, 1.82) is 0 Å². The Morgan fingerprint density at radius 2 is 1.90 bits per heavy atom. The Hall–Kier alpha value is -3.22. The summed E-state index contributed by atoms with van der Waals surface area (Å²) in [5, 5.41) is 11.2. The van der Waals surface area contributed by atoms with Gasteiger partial charge in [0.2, 0.25) is 11.8 Å². The van der Waals surface area contributed by atoms with E-state index >= 15 is 0 Å². The molecular weight excluding hydrogens is 366 g/mol. The molecule has 1 aliphatic carbocycles. The van der Waals surface area contributed by atoms with Gasteiger partial charge in [-0.25, -0.2) is 4.98 Å². The number of nitrogens with one attached hydrogen (secondary N) is 1. The monoisotopic (exact) mass is 391 g/mol. The first-order valence-corrected chi connectivity index (χ1v) is 10.2. The van der Waals surface area contributed by atoms with E-state index in [1.807, 2.05) is 30.3 Å². The van der Waals surface area contributed by atoms with E-state index in [-0.39, 0.29) is 5.91 Å². The highest BCUT2D eigenvalue weighted by Crippen LogP contribution is 2.27. The second-order valence-electron chi connectivity index (χ2n) is 7.42. The molecule has 0 aliphatic heterocycles. The van der Waals surface area contributed by atoms with Gasteiger partial charge < -0.3 is 10.1 Å². The van der Waals surface area contributed by atoms with Crippen molar-refractivity contribution in [1.82, 2.24) is 19.7 Å². The van der Waals surface area contributed by atoms with Crippen LogP contribution in [0.2, 0.25) is 0 Å². The van der Waals surface area contributed by atoms with Crippen LogP contribution in [0.1, 0.15) is 44.9 Å². The molecule has 0 unspecified atom stereocenters. The Bertz CT molecular complexity index is 901. The first kappa shape index (κ1) is 19.1. The van der Waals surface area contributed by atoms with Gasteiger partial charge in [-0.3, -0.25) is 9.36 Å². The highest BCUT2D eigenvalue weighted by atomic mass is 16.5. The van der Waals surface area contributed by atoms with Gasteiger partial charge in [0.25, 0.3) is 0 Å². The van der Waals surface area contributed by atoms with Gasteiger partial charge in [-0.15, -0.1) is 10.2 Å². The number of nitrogens with zero attached hydrogens (tertiary/aromatic N) is 4. The molecule has 2 heterocycles. The molecule has 29 heavy (non-hydrogen) atoms. The molecule has 7 nitrogen and oxygen atoms in total. The number of carbonyl (C=O) groups is 1. The lowest BCUT2D eigenvalue weighted by molar-refractivity contribution is -0.116. The standard InChI is InChI=1S/C22H25N5O2/c28-21(12-6-17-4-2-1-3-5-17)24-18-7-9-19(10-8-18)29-22-13-11-20(25-26-22)27-15-14-23-16-27/h7-11,13-17H,1-6,12H2,(H,24,28). The van der Waals surface area contributed by atoms with Gasteiger partial charge in [0.05, 0.1) is 0 Å². The molecule has 1 amide bonds. The lowest BCUT2D eigenvalue weighted by atomic mass is 9.86. The Labute approximate surface area is 170 Å². The number of anilines is 1. The van der Waals surface area contributed by atoms with Crippen LogP contribution in [0, 0.1) is 5.92 Å². The zero-order valence-corrected chi connectivity index (χ0v) is 16.3. The molecule has 0 saturated heterocycles. The smallest absolute Gasteiger partial charge is 0.238 e. The van der Waals surface area contributed by atoms with Gasteiger partial charge >= 0.3 is 0 Å². The van der Waals surface area contributed by atoms with E-state index in [0.29, 0.717) is 29.8 Å². The van der Waals surface area contributed by atoms with Gasteiger partial charge in [0.1, 0.15) is 12.1 Å². The number of hydrogen-bond donors (Lipinski definition) is 1. The first-order chi connectivity index (χ1) is 14.3. The number of rotatable bonds is 7. The Kier molecular flexibility index (Phi) is 6.14. The maximum absolute atomic E-state index is 12.2. The maximum Gasteiger partial charge on any atom is 0.238 e. The number of imidazole rings is 1. The van der Waals surface area contributed by atoms with Crippen molar-refractivity contribution in [3.8, 4) is 17.4 Å². The number of benzene rings is 1. The number of ether oxygens (including phenoxy) is 1. The topological polar surface area (TPSA) is 81.9 Å². The van der Waals surface area contributed by atoms with E-state index < -0.39 is 0 Å². The molecule has 0 radical (unpaired) electrons. The third-order valence-corrected chi connectivity index (χ3v) is 5.26. The van der Waals surface area contributed by atoms with E-state index in [2.05, 4.69) is 20.5 Å². The quantitative estimate of drug-likeness (QED) is 0.628. The van der Waals surface area contributed by atoms with Crippen LogP contribution < -0.4 is 10.1 Å². The molecule has 7 heteroatoms. The van der Waals surface area contributed by atoms with Crippen LogP contribution in [0.4, 0.5) is 5.69 Å². The first-order valence-electron chi connectivity index (χ1n) is 10.2. The molecule has 2 aromatic heterocycles. The third-order valence-electron chi connectivity index (χ3n) is 5.26. The van der Waals surface area contributed by atoms with Crippen LogP contribution in [0.25, 0.3) is 5.82 Å². The van der Waals surface area contributed by atoms with E-state index in [4.69, 9.17) is 4.74 Å². The molecule has 1 aliphatic rings. The summed E-state index contributed by atoms with van der Waals surface area (Å²) in [6.45, 7) is 0. The minimum Gasteiger partial charge on any atom is -0.438 e. The summed E-state index contributed by atoms with van der Waals surface area (Å²) < 4.78 is 7.49. The van der Waals surface area contributed by atoms with E-state index in [1.54, 1.807) is 29.4 Å². The summed E-state index contributed by atoms with van der Waals surface area (Å²) in [7, 11) is 0. The average Bonchev–Trinajstić information content (AvgIpc) is 3.30. The predicted molar refractivity (Wildman–Crippen MR) is 110 cm³/mol. The fourth-order valence-corrected chi connectivity index (χ4v) is 3.66. The van der Waals surface area contributed by atoms with Crippen molar-refractivity contribution in [2.24, 2.45) is 5.92 Å². The Morgan fingerprint density at radius 1 is 1.07 bits per heavy atom. The van der Waals surface area contributed by atoms with Crippen LogP contribution in [0.15, 0.2) is 55.1 Å². The van der Waals surface area contributed by atoms with Crippen LogP contribution in [-0.4, -0.2) is 25.7 Å². The van der Waals surface area contributed by atoms with Gasteiger partial charge in [0, 0.05) is 30.6 Å². The van der Waals surface area contributed by atoms with Crippen molar-refractivity contribution in [3.05, 3.63) is 55.1 Å². The van der Waals surface area contributed by atoms with E-state index in [9.17, 15) is 4.79 Å². The second kappa shape index (κ2) is 9.32. The molecule has 1 saturated carbocycles. The Balaban J connectivity index is 1.27. The lowest BCUT2D eigenvalue weighted by Crippen LogP contribution is -2.14. The number of hydrogen-bond acceptors (Lipinski definition) is 5. The van der Waals surface area contributed by atoms with Crippen molar-refractivity contribution < 1.29 is 9.53 Å². The van der Waals surface area contributed by atoms with Crippen molar-refractivity contribution in [3.63, 3.8) is 0 Å². The van der Waals surface area contributed by atoms with Crippen molar-refractivity contribution in [2.45, 2.75) is 44.9 Å². The maximum atomic E-state index is 12.2. The van der Waals surface area contributed by atoms with Gasteiger partial charge in [-0.05, 0) is 42.7 Å². The SMILES string of the molecule is O=C(CCC1CCCCC1)Nc1ccc(Oc2ccc(-n3ccnc3)nn2)cc1. The fraction of sp³-hybridized carbons (Fsp3) is 0.364. The molecule has 150 valence electrons. The molecule has 1 N–H and O–H groups in total. The summed E-state index contributed by atoms with van der Waals surface area (Å²) in [6.07, 6.45) is 13.2. The lowest BCUT2D eigenvalue weighted by Gasteiger charge is -2.21. The molecular formula is C22H25N5O2. The molecule has 3 aromatic rings. The van der Waals surface area contributed by atoms with Gasteiger partial charge in [0.15, 0.2) is 5.82 Å². The fourth-order valence-electron chi connectivity index (χ4n) is 3.66. The largest absolute Gasteiger partial charge is 0.438 e. The van der Waals surface area contributed by atoms with Gasteiger partial charge in [-0.1, -0.05) is 32.1 Å². The Morgan fingerprint density at radius 3 is 2.59 bits per heavy atom. The van der Waals surface area contributed by atoms with Crippen LogP contribution in [0.3, 0.4) is 0 Å². The van der Waals surface area contributed by atoms with Crippen LogP contribution >= 0.6 is 0 Å². The molecule has 0 atom stereocenters. The van der Waals surface area contributed by atoms with E-state index in [1.165, 1.54) is 32.1 Å². The van der Waals surface area contributed by atoms with Gasteiger partial charge in [-0.2, -0.15) is 0 Å². The summed E-state index contributed by atoms with van der Waals surface area (Å²) in [5.41, 5.74) is 0.771. The molecule has 0 bridgehead atoms. The summed E-state index contributed by atoms with van der Waals surface area (Å²) in [4.78, 5) is 16.2. The third kappa shape index (κ3) is 5.40. The molecule has 4 rings (SSSR count). The summed E-state index contributed by atoms with van der Waals surface area (Å²) in [6, 6.07) is 10.8. The number of carbonyl (C=O) groups excluding carboxylic acids is 1. The molecule has 1 fully saturated rings. The van der Waals surface area contributed by atoms with Crippen LogP contribution in [-0.2, 0) is 4.79 Å². The average molecular weight is 391 g/mol. The highest BCUT2D eigenvalue weighted by molar-refractivity contribution is 5.90. The van der Waals surface area contributed by atoms with Crippen LogP contribution in [0.5, 0.6) is 11.6 Å². The summed E-state index contributed by atoms with van der Waals surface area (Å²) >= 11 is 0. The highest BCUT2D eigenvalue weighted by Gasteiger charge is 2.15. The minimum absolute atomic E-state index is 0.0743. The van der Waals surface area contributed by atoms with Crippen molar-refractivity contribution in [2.75, 3.05) is 5.32 Å².